The highest BCUT2D eigenvalue weighted by Crippen LogP contribution is 2.47. The third kappa shape index (κ3) is 4.49. The number of allylic oxidation sites excluding steroid dienone is 1. The van der Waals surface area contributed by atoms with Gasteiger partial charge < -0.3 is 9.84 Å². The summed E-state index contributed by atoms with van der Waals surface area (Å²) in [6.07, 6.45) is 3.92. The maximum absolute atomic E-state index is 13.5. The van der Waals surface area contributed by atoms with Crippen LogP contribution in [0.2, 0.25) is 0 Å². The highest BCUT2D eigenvalue weighted by molar-refractivity contribution is 5.76. The Morgan fingerprint density at radius 3 is 2.13 bits per heavy atom. The van der Waals surface area contributed by atoms with Crippen molar-refractivity contribution in [1.29, 1.82) is 0 Å². The Morgan fingerprint density at radius 1 is 0.949 bits per heavy atom. The number of aliphatic hydroxyl groups is 1. The van der Waals surface area contributed by atoms with Crippen molar-refractivity contribution >= 4 is 5.97 Å². The highest BCUT2D eigenvalue weighted by atomic mass is 16.5. The minimum absolute atomic E-state index is 0.213. The van der Waals surface area contributed by atoms with Crippen molar-refractivity contribution in [1.82, 2.24) is 18.8 Å². The van der Waals surface area contributed by atoms with Gasteiger partial charge in [-0.3, -0.25) is 9.69 Å². The highest BCUT2D eigenvalue weighted by Gasteiger charge is 2.52. The van der Waals surface area contributed by atoms with E-state index in [0.717, 1.165) is 34.1 Å². The molecule has 3 heterocycles. The van der Waals surface area contributed by atoms with Crippen molar-refractivity contribution in [3.8, 4) is 0 Å². The molecule has 0 amide bonds. The summed E-state index contributed by atoms with van der Waals surface area (Å²) in [7, 11) is 2.88. The number of aromatic nitrogens is 3. The van der Waals surface area contributed by atoms with Gasteiger partial charge in [0.05, 0.1) is 31.3 Å². The lowest BCUT2D eigenvalue weighted by molar-refractivity contribution is -0.148. The Morgan fingerprint density at radius 2 is 1.54 bits per heavy atom. The summed E-state index contributed by atoms with van der Waals surface area (Å²) in [5.74, 6) is -0.0989. The molecule has 9 heteroatoms. The summed E-state index contributed by atoms with van der Waals surface area (Å²) < 4.78 is 9.56. The average molecular weight is 531 g/mol. The first kappa shape index (κ1) is 25.6. The maximum Gasteiger partial charge on any atom is 0.347 e. The van der Waals surface area contributed by atoms with Crippen LogP contribution in [-0.4, -0.2) is 61.7 Å². The number of likely N-dealkylation sites (tertiary alicyclic amines) is 1. The summed E-state index contributed by atoms with van der Waals surface area (Å²) in [6.45, 7) is 0.395. The molecule has 0 spiro atoms. The average Bonchev–Trinajstić information content (AvgIpc) is 3.70. The van der Waals surface area contributed by atoms with Crippen LogP contribution < -0.4 is 11.4 Å². The second-order valence-corrected chi connectivity index (χ2v) is 11.0. The van der Waals surface area contributed by atoms with Crippen LogP contribution in [0.1, 0.15) is 36.1 Å². The zero-order valence-electron chi connectivity index (χ0n) is 22.2. The summed E-state index contributed by atoms with van der Waals surface area (Å²) in [6, 6.07) is 17.3. The first-order valence-corrected chi connectivity index (χ1v) is 13.6. The standard InChI is InChI=1S/C30H34N4O5/c1-31-29(37)33-23(21-13-14-21)17-22-18-32(24(28(36)39-2)15-19-9-5-3-6-10-19)27(26(22)34(33)30(31)38)25(35)16-20-11-7-4-8-12-20/h3-12,17,21,23-27,35H,13-16,18H2,1-2H3/t23-,24-,25-,26+,27-/m0/s1. The molecule has 6 rings (SSSR count). The molecule has 0 bridgehead atoms. The molecule has 0 unspecified atom stereocenters. The predicted molar refractivity (Wildman–Crippen MR) is 145 cm³/mol. The third-order valence-electron chi connectivity index (χ3n) is 8.51. The molecule has 1 aromatic heterocycles. The van der Waals surface area contributed by atoms with Gasteiger partial charge in [-0.05, 0) is 48.3 Å². The number of aliphatic hydroxyl groups excluding tert-OH is 1. The van der Waals surface area contributed by atoms with Crippen LogP contribution in [0.4, 0.5) is 0 Å². The minimum atomic E-state index is -0.917. The quantitative estimate of drug-likeness (QED) is 0.353. The van der Waals surface area contributed by atoms with Gasteiger partial charge in [0.2, 0.25) is 0 Å². The first-order valence-electron chi connectivity index (χ1n) is 13.6. The zero-order valence-corrected chi connectivity index (χ0v) is 22.2. The van der Waals surface area contributed by atoms with Crippen molar-refractivity contribution in [2.45, 2.75) is 56.0 Å². The van der Waals surface area contributed by atoms with E-state index in [1.165, 1.54) is 14.2 Å². The molecule has 3 aromatic rings. The van der Waals surface area contributed by atoms with E-state index >= 15 is 0 Å². The van der Waals surface area contributed by atoms with E-state index < -0.39 is 35.9 Å². The predicted octanol–water partition coefficient (Wildman–Crippen LogP) is 1.85. The normalized spacial score (nSPS) is 24.0. The molecular formula is C30H34N4O5. The summed E-state index contributed by atoms with van der Waals surface area (Å²) in [5, 5.41) is 11.8. The van der Waals surface area contributed by atoms with Crippen molar-refractivity contribution in [2.75, 3.05) is 13.7 Å². The number of benzene rings is 2. The van der Waals surface area contributed by atoms with Gasteiger partial charge in [0.15, 0.2) is 0 Å². The van der Waals surface area contributed by atoms with Crippen LogP contribution in [-0.2, 0) is 29.4 Å². The topological polar surface area (TPSA) is 98.7 Å². The molecule has 2 aromatic carbocycles. The second kappa shape index (κ2) is 10.1. The number of carbonyl (C=O) groups excluding carboxylic acids is 1. The van der Waals surface area contributed by atoms with Gasteiger partial charge in [-0.2, -0.15) is 0 Å². The minimum Gasteiger partial charge on any atom is -0.468 e. The fourth-order valence-corrected chi connectivity index (χ4v) is 6.46. The molecule has 3 aliphatic rings. The fraction of sp³-hybridized carbons (Fsp3) is 0.433. The Bertz CT molecular complexity index is 1500. The van der Waals surface area contributed by atoms with E-state index in [1.54, 1.807) is 9.36 Å². The van der Waals surface area contributed by atoms with Crippen LogP contribution in [0.3, 0.4) is 0 Å². The van der Waals surface area contributed by atoms with Gasteiger partial charge >= 0.3 is 17.3 Å². The monoisotopic (exact) mass is 530 g/mol. The number of esters is 1. The number of methoxy groups -OCH3 is 1. The number of hydrogen-bond acceptors (Lipinski definition) is 6. The molecule has 1 N–H and O–H groups in total. The Hall–Kier alpha value is -3.69. The van der Waals surface area contributed by atoms with Crippen molar-refractivity contribution in [3.05, 3.63) is 104 Å². The Kier molecular flexibility index (Phi) is 6.64. The van der Waals surface area contributed by atoms with E-state index in [0.29, 0.717) is 25.3 Å². The fourth-order valence-electron chi connectivity index (χ4n) is 6.46. The third-order valence-corrected chi connectivity index (χ3v) is 8.51. The summed E-state index contributed by atoms with van der Waals surface area (Å²) >= 11 is 0. The molecule has 204 valence electrons. The molecule has 0 radical (unpaired) electrons. The number of fused-ring (bicyclic) bond motifs is 3. The summed E-state index contributed by atoms with van der Waals surface area (Å²) in [4.78, 5) is 42.1. The SMILES string of the molecule is COC(=O)[C@H](Cc1ccccc1)N1CC2=C[C@@H](C3CC3)n3c(=O)n(C)c(=O)n3[C@H]2[C@@H]1[C@@H](O)Cc1ccccc1. The van der Waals surface area contributed by atoms with Crippen molar-refractivity contribution < 1.29 is 14.6 Å². The summed E-state index contributed by atoms with van der Waals surface area (Å²) in [5.41, 5.74) is 2.12. The van der Waals surface area contributed by atoms with E-state index in [2.05, 4.69) is 6.08 Å². The smallest absolute Gasteiger partial charge is 0.347 e. The van der Waals surface area contributed by atoms with Crippen LogP contribution in [0.15, 0.2) is 81.9 Å². The van der Waals surface area contributed by atoms with Crippen LogP contribution in [0.25, 0.3) is 0 Å². The number of hydrogen-bond donors (Lipinski definition) is 1. The molecule has 5 atom stereocenters. The van der Waals surface area contributed by atoms with E-state index in [4.69, 9.17) is 4.74 Å². The number of rotatable bonds is 8. The molecule has 1 saturated carbocycles. The molecular weight excluding hydrogens is 496 g/mol. The Balaban J connectivity index is 1.48. The number of ether oxygens (including phenoxy) is 1. The first-order chi connectivity index (χ1) is 18.9. The van der Waals surface area contributed by atoms with Gasteiger partial charge in [-0.25, -0.2) is 23.5 Å². The lowest BCUT2D eigenvalue weighted by atomic mass is 9.92. The lowest BCUT2D eigenvalue weighted by Gasteiger charge is -2.37. The van der Waals surface area contributed by atoms with Gasteiger partial charge in [-0.1, -0.05) is 66.7 Å². The van der Waals surface area contributed by atoms with Gasteiger partial charge in [0, 0.05) is 13.6 Å². The van der Waals surface area contributed by atoms with E-state index in [9.17, 15) is 19.5 Å². The molecule has 1 saturated heterocycles. The second-order valence-electron chi connectivity index (χ2n) is 11.0. The molecule has 9 nitrogen and oxygen atoms in total. The van der Waals surface area contributed by atoms with Gasteiger partial charge in [-0.15, -0.1) is 0 Å². The Labute approximate surface area is 226 Å². The zero-order chi connectivity index (χ0) is 27.3. The molecule has 2 fully saturated rings. The van der Waals surface area contributed by atoms with Crippen molar-refractivity contribution in [2.24, 2.45) is 13.0 Å². The van der Waals surface area contributed by atoms with Crippen LogP contribution in [0.5, 0.6) is 0 Å². The molecule has 1 aliphatic carbocycles. The number of carbonyl (C=O) groups is 1. The largest absolute Gasteiger partial charge is 0.468 e. The maximum atomic E-state index is 13.5. The van der Waals surface area contributed by atoms with Crippen molar-refractivity contribution in [3.63, 3.8) is 0 Å². The van der Waals surface area contributed by atoms with Crippen LogP contribution >= 0.6 is 0 Å². The lowest BCUT2D eigenvalue weighted by Crippen LogP contribution is -2.54. The number of nitrogens with zero attached hydrogens (tertiary/aromatic N) is 4. The van der Waals surface area contributed by atoms with E-state index in [1.807, 2.05) is 65.6 Å². The molecule has 39 heavy (non-hydrogen) atoms. The van der Waals surface area contributed by atoms with Gasteiger partial charge in [0.25, 0.3) is 0 Å². The van der Waals surface area contributed by atoms with Crippen LogP contribution in [0, 0.1) is 5.92 Å². The van der Waals surface area contributed by atoms with Gasteiger partial charge in [0.1, 0.15) is 6.04 Å². The van der Waals surface area contributed by atoms with E-state index in [-0.39, 0.29) is 11.7 Å². The molecule has 2 aliphatic heterocycles.